The van der Waals surface area contributed by atoms with Gasteiger partial charge in [-0.1, -0.05) is 26.2 Å². The second kappa shape index (κ2) is 6.19. The van der Waals surface area contributed by atoms with Crippen molar-refractivity contribution in [2.75, 3.05) is 13.1 Å². The Morgan fingerprint density at radius 2 is 2.00 bits per heavy atom. The van der Waals surface area contributed by atoms with Crippen molar-refractivity contribution in [3.05, 3.63) is 0 Å². The van der Waals surface area contributed by atoms with Crippen LogP contribution >= 0.6 is 0 Å². The highest BCUT2D eigenvalue weighted by molar-refractivity contribution is 4.86. The molecule has 1 aliphatic heterocycles. The number of hydrogen-bond donors (Lipinski definition) is 1. The first-order valence-corrected chi connectivity index (χ1v) is 7.70. The number of hydrogen-bond acceptors (Lipinski definition) is 2. The fourth-order valence-corrected chi connectivity index (χ4v) is 3.71. The Morgan fingerprint density at radius 3 is 2.65 bits per heavy atom. The van der Waals surface area contributed by atoms with Crippen molar-refractivity contribution < 1.29 is 0 Å². The van der Waals surface area contributed by atoms with Gasteiger partial charge in [-0.3, -0.25) is 0 Å². The predicted octanol–water partition coefficient (Wildman–Crippen LogP) is 3.01. The molecule has 0 aromatic heterocycles. The summed E-state index contributed by atoms with van der Waals surface area (Å²) in [7, 11) is 0. The van der Waals surface area contributed by atoms with Crippen LogP contribution in [0, 0.1) is 11.8 Å². The van der Waals surface area contributed by atoms with Crippen molar-refractivity contribution in [3.63, 3.8) is 0 Å². The number of likely N-dealkylation sites (tertiary alicyclic amines) is 1. The molecule has 0 spiro atoms. The molecule has 2 nitrogen and oxygen atoms in total. The van der Waals surface area contributed by atoms with Crippen molar-refractivity contribution in [2.24, 2.45) is 17.6 Å². The summed E-state index contributed by atoms with van der Waals surface area (Å²) in [6.07, 6.45) is 9.95. The van der Waals surface area contributed by atoms with Crippen LogP contribution in [0.5, 0.6) is 0 Å². The Balaban J connectivity index is 1.82. The molecule has 0 amide bonds. The third-order valence-corrected chi connectivity index (χ3v) is 5.15. The van der Waals surface area contributed by atoms with Crippen molar-refractivity contribution in [1.29, 1.82) is 0 Å². The van der Waals surface area contributed by atoms with E-state index in [4.69, 9.17) is 5.73 Å². The lowest BCUT2D eigenvalue weighted by Gasteiger charge is -2.27. The minimum atomic E-state index is 0.383. The zero-order chi connectivity index (χ0) is 12.3. The average molecular weight is 238 g/mol. The fourth-order valence-electron chi connectivity index (χ4n) is 3.71. The van der Waals surface area contributed by atoms with Gasteiger partial charge in [0.2, 0.25) is 0 Å². The van der Waals surface area contributed by atoms with Crippen molar-refractivity contribution in [2.45, 2.75) is 70.9 Å². The van der Waals surface area contributed by atoms with Gasteiger partial charge < -0.3 is 10.6 Å². The van der Waals surface area contributed by atoms with Crippen LogP contribution in [0.1, 0.15) is 58.8 Å². The third-order valence-electron chi connectivity index (χ3n) is 5.15. The molecule has 1 heterocycles. The maximum Gasteiger partial charge on any atom is 0.00954 e. The quantitative estimate of drug-likeness (QED) is 0.766. The number of nitrogens with zero attached hydrogens (tertiary/aromatic N) is 1. The molecule has 2 rings (SSSR count). The molecule has 2 heteroatoms. The van der Waals surface area contributed by atoms with Gasteiger partial charge in [0, 0.05) is 18.6 Å². The molecule has 17 heavy (non-hydrogen) atoms. The van der Waals surface area contributed by atoms with Gasteiger partial charge in [0.1, 0.15) is 0 Å². The normalized spacial score (nSPS) is 37.9. The van der Waals surface area contributed by atoms with E-state index in [0.717, 1.165) is 17.9 Å². The third kappa shape index (κ3) is 3.45. The van der Waals surface area contributed by atoms with E-state index in [1.54, 1.807) is 0 Å². The maximum absolute atomic E-state index is 6.04. The molecule has 0 radical (unpaired) electrons. The van der Waals surface area contributed by atoms with Crippen LogP contribution in [0.25, 0.3) is 0 Å². The fraction of sp³-hybridized carbons (Fsp3) is 1.00. The highest BCUT2D eigenvalue weighted by Gasteiger charge is 2.30. The van der Waals surface area contributed by atoms with Gasteiger partial charge in [0.05, 0.1) is 0 Å². The summed E-state index contributed by atoms with van der Waals surface area (Å²) in [6, 6.07) is 1.25. The highest BCUT2D eigenvalue weighted by Crippen LogP contribution is 2.31. The Hall–Kier alpha value is -0.0800. The van der Waals surface area contributed by atoms with Gasteiger partial charge in [-0.2, -0.15) is 0 Å². The van der Waals surface area contributed by atoms with Gasteiger partial charge in [0.25, 0.3) is 0 Å². The summed E-state index contributed by atoms with van der Waals surface area (Å²) in [4.78, 5) is 2.74. The SMILES string of the molecule is CCC1CCCC(N2CCC(C(C)N)C2)CC1. The van der Waals surface area contributed by atoms with Crippen molar-refractivity contribution >= 4 is 0 Å². The Labute approximate surface area is 107 Å². The predicted molar refractivity (Wildman–Crippen MR) is 74.0 cm³/mol. The minimum absolute atomic E-state index is 0.383. The number of nitrogens with two attached hydrogens (primary N) is 1. The second-order valence-corrected chi connectivity index (χ2v) is 6.34. The summed E-state index contributed by atoms with van der Waals surface area (Å²) < 4.78 is 0. The summed E-state index contributed by atoms with van der Waals surface area (Å²) in [5.41, 5.74) is 6.04. The van der Waals surface area contributed by atoms with Crippen LogP contribution in [0.15, 0.2) is 0 Å². The lowest BCUT2D eigenvalue weighted by molar-refractivity contribution is 0.208. The monoisotopic (exact) mass is 238 g/mol. The molecular formula is C15H30N2. The largest absolute Gasteiger partial charge is 0.328 e. The summed E-state index contributed by atoms with van der Waals surface area (Å²) >= 11 is 0. The van der Waals surface area contributed by atoms with Crippen LogP contribution < -0.4 is 5.73 Å². The molecule has 4 unspecified atom stereocenters. The standard InChI is InChI=1S/C15H30N2/c1-3-13-5-4-6-15(8-7-13)17-10-9-14(11-17)12(2)16/h12-15H,3-11,16H2,1-2H3. The molecule has 2 fully saturated rings. The molecule has 0 bridgehead atoms. The van der Waals surface area contributed by atoms with Gasteiger partial charge in [-0.05, 0) is 51.0 Å². The summed E-state index contributed by atoms with van der Waals surface area (Å²) in [5.74, 6) is 1.76. The lowest BCUT2D eigenvalue weighted by Crippen LogP contribution is -2.35. The van der Waals surface area contributed by atoms with E-state index in [-0.39, 0.29) is 0 Å². The average Bonchev–Trinajstić information content (AvgIpc) is 2.68. The zero-order valence-corrected chi connectivity index (χ0v) is 11.7. The first-order chi connectivity index (χ1) is 8.20. The lowest BCUT2D eigenvalue weighted by atomic mass is 9.97. The first kappa shape index (κ1) is 13.4. The van der Waals surface area contributed by atoms with Gasteiger partial charge in [-0.25, -0.2) is 0 Å². The van der Waals surface area contributed by atoms with E-state index >= 15 is 0 Å². The second-order valence-electron chi connectivity index (χ2n) is 6.34. The van der Waals surface area contributed by atoms with Gasteiger partial charge >= 0.3 is 0 Å². The zero-order valence-electron chi connectivity index (χ0n) is 11.7. The van der Waals surface area contributed by atoms with E-state index in [1.807, 2.05) is 0 Å². The highest BCUT2D eigenvalue weighted by atomic mass is 15.2. The van der Waals surface area contributed by atoms with Crippen LogP contribution in [-0.2, 0) is 0 Å². The Kier molecular flexibility index (Phi) is 4.87. The van der Waals surface area contributed by atoms with Crippen LogP contribution in [-0.4, -0.2) is 30.1 Å². The van der Waals surface area contributed by atoms with Crippen LogP contribution in [0.4, 0.5) is 0 Å². The Bertz CT molecular complexity index is 227. The molecule has 100 valence electrons. The molecule has 2 aliphatic rings. The van der Waals surface area contributed by atoms with E-state index in [9.17, 15) is 0 Å². The number of rotatable bonds is 3. The smallest absolute Gasteiger partial charge is 0.00954 e. The van der Waals surface area contributed by atoms with E-state index in [2.05, 4.69) is 18.7 Å². The van der Waals surface area contributed by atoms with E-state index in [1.165, 1.54) is 58.0 Å². The summed E-state index contributed by atoms with van der Waals surface area (Å²) in [5, 5.41) is 0. The molecule has 2 N–H and O–H groups in total. The van der Waals surface area contributed by atoms with E-state index in [0.29, 0.717) is 6.04 Å². The van der Waals surface area contributed by atoms with E-state index < -0.39 is 0 Å². The first-order valence-electron chi connectivity index (χ1n) is 7.70. The minimum Gasteiger partial charge on any atom is -0.328 e. The molecule has 0 aromatic carbocycles. The molecular weight excluding hydrogens is 208 g/mol. The van der Waals surface area contributed by atoms with Crippen molar-refractivity contribution in [1.82, 2.24) is 4.90 Å². The van der Waals surface area contributed by atoms with Crippen LogP contribution in [0.2, 0.25) is 0 Å². The molecule has 1 aliphatic carbocycles. The molecule has 0 aromatic rings. The maximum atomic E-state index is 6.04. The van der Waals surface area contributed by atoms with Gasteiger partial charge in [-0.15, -0.1) is 0 Å². The summed E-state index contributed by atoms with van der Waals surface area (Å²) in [6.45, 7) is 7.09. The van der Waals surface area contributed by atoms with Crippen molar-refractivity contribution in [3.8, 4) is 0 Å². The van der Waals surface area contributed by atoms with Crippen LogP contribution in [0.3, 0.4) is 0 Å². The Morgan fingerprint density at radius 1 is 1.18 bits per heavy atom. The van der Waals surface area contributed by atoms with Gasteiger partial charge in [0.15, 0.2) is 0 Å². The molecule has 1 saturated heterocycles. The molecule has 4 atom stereocenters. The molecule has 1 saturated carbocycles. The topological polar surface area (TPSA) is 29.3 Å².